The van der Waals surface area contributed by atoms with Crippen LogP contribution in [0, 0.1) is 0 Å². The number of hydrogen-bond donors (Lipinski definition) is 1. The molecule has 2 rings (SSSR count). The smallest absolute Gasteiger partial charge is 0.305 e. The van der Waals surface area contributed by atoms with E-state index >= 15 is 0 Å². The molecular formula is C12H18N6O2. The number of nitrogens with zero attached hydrogens (tertiary/aromatic N) is 6. The van der Waals surface area contributed by atoms with Gasteiger partial charge in [0, 0.05) is 7.05 Å². The summed E-state index contributed by atoms with van der Waals surface area (Å²) in [6.07, 6.45) is 1.46. The molecule has 0 aliphatic rings. The van der Waals surface area contributed by atoms with Crippen LogP contribution in [0.3, 0.4) is 0 Å². The molecule has 0 bridgehead atoms. The molecule has 2 aromatic heterocycles. The van der Waals surface area contributed by atoms with Gasteiger partial charge in [0.2, 0.25) is 5.82 Å². The van der Waals surface area contributed by atoms with Crippen molar-refractivity contribution >= 4 is 5.97 Å². The van der Waals surface area contributed by atoms with Crippen LogP contribution in [-0.2, 0) is 18.3 Å². The van der Waals surface area contributed by atoms with Crippen molar-refractivity contribution in [2.45, 2.75) is 39.2 Å². The zero-order valence-electron chi connectivity index (χ0n) is 11.8. The van der Waals surface area contributed by atoms with Gasteiger partial charge >= 0.3 is 5.97 Å². The summed E-state index contributed by atoms with van der Waals surface area (Å²) in [5.41, 5.74) is 1.74. The van der Waals surface area contributed by atoms with E-state index in [0.29, 0.717) is 12.2 Å². The number of carboxylic acid groups (broad SMARTS) is 1. The molecule has 0 fully saturated rings. The normalized spacial score (nSPS) is 12.6. The largest absolute Gasteiger partial charge is 0.481 e. The molecule has 0 saturated heterocycles. The number of carbonyl (C=O) groups is 1. The minimum Gasteiger partial charge on any atom is -0.481 e. The van der Waals surface area contributed by atoms with Gasteiger partial charge in [0.15, 0.2) is 0 Å². The van der Waals surface area contributed by atoms with Crippen molar-refractivity contribution in [2.24, 2.45) is 7.05 Å². The molecule has 1 unspecified atom stereocenters. The fraction of sp³-hybridized carbons (Fsp3) is 0.583. The van der Waals surface area contributed by atoms with Crippen molar-refractivity contribution in [3.63, 3.8) is 0 Å². The van der Waals surface area contributed by atoms with Crippen LogP contribution in [0.5, 0.6) is 0 Å². The molecule has 0 aliphatic heterocycles. The molecular weight excluding hydrogens is 260 g/mol. The van der Waals surface area contributed by atoms with Gasteiger partial charge in [-0.15, -0.1) is 5.10 Å². The van der Waals surface area contributed by atoms with Crippen LogP contribution in [0.1, 0.15) is 38.4 Å². The Labute approximate surface area is 116 Å². The molecule has 8 heteroatoms. The summed E-state index contributed by atoms with van der Waals surface area (Å²) in [4.78, 5) is 10.9. The molecule has 1 N–H and O–H groups in total. The number of rotatable bonds is 6. The Morgan fingerprint density at radius 3 is 2.75 bits per heavy atom. The maximum absolute atomic E-state index is 10.9. The van der Waals surface area contributed by atoms with E-state index in [1.54, 1.807) is 9.36 Å². The first-order chi connectivity index (χ1) is 9.56. The highest BCUT2D eigenvalue weighted by Crippen LogP contribution is 2.23. The van der Waals surface area contributed by atoms with E-state index in [2.05, 4.69) is 20.6 Å². The van der Waals surface area contributed by atoms with Crippen molar-refractivity contribution < 1.29 is 9.90 Å². The first-order valence-corrected chi connectivity index (χ1v) is 6.59. The number of tetrazole rings is 1. The SMILES string of the molecule is CCc1cc(-c2nnnn2C(CC)CC(=O)O)n(C)n1. The van der Waals surface area contributed by atoms with Gasteiger partial charge in [-0.3, -0.25) is 9.48 Å². The molecule has 0 radical (unpaired) electrons. The van der Waals surface area contributed by atoms with Gasteiger partial charge in [-0.25, -0.2) is 4.68 Å². The van der Waals surface area contributed by atoms with E-state index in [1.165, 1.54) is 0 Å². The van der Waals surface area contributed by atoms with E-state index < -0.39 is 5.97 Å². The second-order valence-corrected chi connectivity index (χ2v) is 4.61. The first-order valence-electron chi connectivity index (χ1n) is 6.59. The van der Waals surface area contributed by atoms with Crippen molar-refractivity contribution in [1.29, 1.82) is 0 Å². The van der Waals surface area contributed by atoms with Crippen LogP contribution in [0.4, 0.5) is 0 Å². The van der Waals surface area contributed by atoms with Gasteiger partial charge in [-0.2, -0.15) is 5.10 Å². The second kappa shape index (κ2) is 5.81. The molecule has 0 spiro atoms. The Morgan fingerprint density at radius 1 is 1.45 bits per heavy atom. The monoisotopic (exact) mass is 278 g/mol. The number of aliphatic carboxylic acids is 1. The zero-order chi connectivity index (χ0) is 14.7. The summed E-state index contributed by atoms with van der Waals surface area (Å²) in [6.45, 7) is 3.94. The lowest BCUT2D eigenvalue weighted by molar-refractivity contribution is -0.138. The number of aryl methyl sites for hydroxylation is 2. The van der Waals surface area contributed by atoms with E-state index in [9.17, 15) is 4.79 Å². The molecule has 8 nitrogen and oxygen atoms in total. The van der Waals surface area contributed by atoms with Crippen molar-refractivity contribution in [1.82, 2.24) is 30.0 Å². The Kier molecular flexibility index (Phi) is 4.11. The Morgan fingerprint density at radius 2 is 2.20 bits per heavy atom. The number of carboxylic acids is 1. The molecule has 108 valence electrons. The molecule has 20 heavy (non-hydrogen) atoms. The average Bonchev–Trinajstić information content (AvgIpc) is 3.01. The predicted octanol–water partition coefficient (Wildman–Crippen LogP) is 1.06. The third-order valence-corrected chi connectivity index (χ3v) is 3.24. The highest BCUT2D eigenvalue weighted by atomic mass is 16.4. The predicted molar refractivity (Wildman–Crippen MR) is 71.0 cm³/mol. The molecule has 0 saturated carbocycles. The van der Waals surface area contributed by atoms with Gasteiger partial charge in [-0.1, -0.05) is 13.8 Å². The fourth-order valence-electron chi connectivity index (χ4n) is 2.12. The minimum absolute atomic E-state index is 0.00692. The van der Waals surface area contributed by atoms with E-state index in [-0.39, 0.29) is 12.5 Å². The fourth-order valence-corrected chi connectivity index (χ4v) is 2.12. The van der Waals surface area contributed by atoms with Crippen molar-refractivity contribution in [3.05, 3.63) is 11.8 Å². The number of aromatic nitrogens is 6. The third-order valence-electron chi connectivity index (χ3n) is 3.24. The standard InChI is InChI=1S/C12H18N6O2/c1-4-8-6-10(17(3)14-8)12-13-15-16-18(12)9(5-2)7-11(19)20/h6,9H,4-5,7H2,1-3H3,(H,19,20). The molecule has 0 aromatic carbocycles. The van der Waals surface area contributed by atoms with Crippen molar-refractivity contribution in [3.8, 4) is 11.5 Å². The van der Waals surface area contributed by atoms with Crippen LogP contribution in [-0.4, -0.2) is 41.1 Å². The lowest BCUT2D eigenvalue weighted by atomic mass is 10.1. The third kappa shape index (κ3) is 2.68. The van der Waals surface area contributed by atoms with E-state index in [4.69, 9.17) is 5.11 Å². The van der Waals surface area contributed by atoms with E-state index in [0.717, 1.165) is 17.8 Å². The Hall–Kier alpha value is -2.25. The van der Waals surface area contributed by atoms with Gasteiger partial charge in [0.1, 0.15) is 5.69 Å². The average molecular weight is 278 g/mol. The molecule has 1 atom stereocenters. The summed E-state index contributed by atoms with van der Waals surface area (Å²) < 4.78 is 3.29. The highest BCUT2D eigenvalue weighted by Gasteiger charge is 2.21. The van der Waals surface area contributed by atoms with Crippen LogP contribution < -0.4 is 0 Å². The highest BCUT2D eigenvalue weighted by molar-refractivity contribution is 5.67. The summed E-state index contributed by atoms with van der Waals surface area (Å²) in [5.74, 6) is -0.314. The van der Waals surface area contributed by atoms with Gasteiger partial charge in [0.05, 0.1) is 18.2 Å². The van der Waals surface area contributed by atoms with Crippen molar-refractivity contribution in [2.75, 3.05) is 0 Å². The maximum atomic E-state index is 10.9. The molecule has 0 aliphatic carbocycles. The van der Waals surface area contributed by atoms with Crippen LogP contribution in [0.2, 0.25) is 0 Å². The first kappa shape index (κ1) is 14.2. The molecule has 2 aromatic rings. The lowest BCUT2D eigenvalue weighted by Crippen LogP contribution is -2.16. The summed E-state index contributed by atoms with van der Waals surface area (Å²) >= 11 is 0. The van der Waals surface area contributed by atoms with Gasteiger partial charge in [0.25, 0.3) is 0 Å². The van der Waals surface area contributed by atoms with Crippen LogP contribution >= 0.6 is 0 Å². The summed E-state index contributed by atoms with van der Waals surface area (Å²) in [5, 5.41) is 25.0. The Bertz CT molecular complexity index is 603. The summed E-state index contributed by atoms with van der Waals surface area (Å²) in [7, 11) is 1.83. The molecule has 0 amide bonds. The quantitative estimate of drug-likeness (QED) is 0.848. The minimum atomic E-state index is -0.863. The zero-order valence-corrected chi connectivity index (χ0v) is 11.8. The van der Waals surface area contributed by atoms with E-state index in [1.807, 2.05) is 27.0 Å². The second-order valence-electron chi connectivity index (χ2n) is 4.61. The topological polar surface area (TPSA) is 98.7 Å². The lowest BCUT2D eigenvalue weighted by Gasteiger charge is -2.14. The summed E-state index contributed by atoms with van der Waals surface area (Å²) in [6, 6.07) is 1.66. The van der Waals surface area contributed by atoms with Crippen LogP contribution in [0.25, 0.3) is 11.5 Å². The van der Waals surface area contributed by atoms with Gasteiger partial charge in [-0.05, 0) is 29.3 Å². The Balaban J connectivity index is 2.40. The maximum Gasteiger partial charge on any atom is 0.305 e. The van der Waals surface area contributed by atoms with Gasteiger partial charge < -0.3 is 5.11 Å². The number of hydrogen-bond acceptors (Lipinski definition) is 5. The molecule has 2 heterocycles. The van der Waals surface area contributed by atoms with Crippen LogP contribution in [0.15, 0.2) is 6.07 Å².